The second-order valence-electron chi connectivity index (χ2n) is 3.13. The van der Waals surface area contributed by atoms with Crippen molar-refractivity contribution in [2.75, 3.05) is 18.0 Å². The number of carboxylic acids is 1. The molecule has 1 aliphatic heterocycles. The number of hydrogen-bond acceptors (Lipinski definition) is 3. The number of aromatic nitrogens is 2. The van der Waals surface area contributed by atoms with Gasteiger partial charge in [-0.15, -0.1) is 0 Å². The van der Waals surface area contributed by atoms with Crippen molar-refractivity contribution in [3.63, 3.8) is 0 Å². The average molecular weight is 181 g/mol. The van der Waals surface area contributed by atoms with E-state index in [1.54, 1.807) is 0 Å². The van der Waals surface area contributed by atoms with Gasteiger partial charge in [-0.25, -0.2) is 4.79 Å². The van der Waals surface area contributed by atoms with Crippen LogP contribution in [0.3, 0.4) is 0 Å². The highest BCUT2D eigenvalue weighted by Gasteiger charge is 2.20. The summed E-state index contributed by atoms with van der Waals surface area (Å²) in [5, 5.41) is 15.3. The van der Waals surface area contributed by atoms with Gasteiger partial charge in [0.1, 0.15) is 11.4 Å². The molecular formula is C8H11N3O2. The summed E-state index contributed by atoms with van der Waals surface area (Å²) < 4.78 is 0. The van der Waals surface area contributed by atoms with E-state index in [9.17, 15) is 4.79 Å². The minimum absolute atomic E-state index is 0.266. The Morgan fingerprint density at radius 1 is 1.54 bits per heavy atom. The zero-order valence-corrected chi connectivity index (χ0v) is 7.16. The predicted octanol–water partition coefficient (Wildman–Crippen LogP) is 0.708. The third kappa shape index (κ3) is 1.37. The molecule has 13 heavy (non-hydrogen) atoms. The molecule has 0 amide bonds. The molecule has 2 heterocycles. The Bertz CT molecular complexity index is 315. The molecule has 0 unspecified atom stereocenters. The van der Waals surface area contributed by atoms with Crippen LogP contribution in [0.4, 0.5) is 5.82 Å². The molecule has 2 N–H and O–H groups in total. The van der Waals surface area contributed by atoms with Crippen LogP contribution in [0.1, 0.15) is 23.2 Å². The Balaban J connectivity index is 2.28. The topological polar surface area (TPSA) is 69.2 Å². The lowest BCUT2D eigenvalue weighted by Gasteiger charge is -2.15. The zero-order valence-electron chi connectivity index (χ0n) is 7.16. The van der Waals surface area contributed by atoms with E-state index >= 15 is 0 Å². The Labute approximate surface area is 75.4 Å². The van der Waals surface area contributed by atoms with E-state index in [0.717, 1.165) is 25.9 Å². The van der Waals surface area contributed by atoms with Crippen LogP contribution in [0.15, 0.2) is 6.20 Å². The van der Waals surface area contributed by atoms with E-state index in [2.05, 4.69) is 10.2 Å². The second kappa shape index (κ2) is 3.08. The monoisotopic (exact) mass is 181 g/mol. The first-order valence-corrected chi connectivity index (χ1v) is 4.30. The summed E-state index contributed by atoms with van der Waals surface area (Å²) in [6, 6.07) is 0. The first-order valence-electron chi connectivity index (χ1n) is 4.30. The van der Waals surface area contributed by atoms with Crippen LogP contribution < -0.4 is 4.90 Å². The van der Waals surface area contributed by atoms with Crippen LogP contribution in [0, 0.1) is 0 Å². The minimum Gasteiger partial charge on any atom is -0.477 e. The van der Waals surface area contributed by atoms with Gasteiger partial charge < -0.3 is 10.0 Å². The molecule has 2 rings (SSSR count). The fraction of sp³-hybridized carbons (Fsp3) is 0.500. The quantitative estimate of drug-likeness (QED) is 0.705. The lowest BCUT2D eigenvalue weighted by Crippen LogP contribution is -2.20. The van der Waals surface area contributed by atoms with Crippen molar-refractivity contribution in [1.29, 1.82) is 0 Å². The lowest BCUT2D eigenvalue weighted by molar-refractivity contribution is 0.0697. The van der Waals surface area contributed by atoms with Gasteiger partial charge in [0, 0.05) is 13.1 Å². The average Bonchev–Trinajstić information content (AvgIpc) is 2.74. The van der Waals surface area contributed by atoms with E-state index in [0.29, 0.717) is 5.82 Å². The maximum atomic E-state index is 10.8. The summed E-state index contributed by atoms with van der Waals surface area (Å²) in [4.78, 5) is 12.8. The molecule has 0 atom stereocenters. The summed E-state index contributed by atoms with van der Waals surface area (Å²) in [7, 11) is 0. The molecule has 70 valence electrons. The maximum Gasteiger partial charge on any atom is 0.341 e. The van der Waals surface area contributed by atoms with E-state index in [1.807, 2.05) is 4.90 Å². The van der Waals surface area contributed by atoms with Gasteiger partial charge in [0.2, 0.25) is 0 Å². The summed E-state index contributed by atoms with van der Waals surface area (Å²) >= 11 is 0. The van der Waals surface area contributed by atoms with Crippen molar-refractivity contribution in [3.8, 4) is 0 Å². The van der Waals surface area contributed by atoms with E-state index < -0.39 is 5.97 Å². The molecule has 0 aromatic carbocycles. The summed E-state index contributed by atoms with van der Waals surface area (Å²) in [5.74, 6) is -0.277. The third-order valence-electron chi connectivity index (χ3n) is 2.27. The first-order chi connectivity index (χ1) is 6.29. The fourth-order valence-electron chi connectivity index (χ4n) is 1.62. The number of anilines is 1. The van der Waals surface area contributed by atoms with Gasteiger partial charge in [-0.1, -0.05) is 0 Å². The molecule has 0 bridgehead atoms. The third-order valence-corrected chi connectivity index (χ3v) is 2.27. The number of nitrogens with zero attached hydrogens (tertiary/aromatic N) is 2. The van der Waals surface area contributed by atoms with Gasteiger partial charge in [0.15, 0.2) is 0 Å². The van der Waals surface area contributed by atoms with Gasteiger partial charge in [-0.2, -0.15) is 5.10 Å². The smallest absolute Gasteiger partial charge is 0.341 e. The van der Waals surface area contributed by atoms with Gasteiger partial charge >= 0.3 is 5.97 Å². The minimum atomic E-state index is -0.921. The van der Waals surface area contributed by atoms with Crippen molar-refractivity contribution >= 4 is 11.8 Å². The Morgan fingerprint density at radius 3 is 2.85 bits per heavy atom. The molecule has 0 aliphatic carbocycles. The van der Waals surface area contributed by atoms with Gasteiger partial charge in [0.05, 0.1) is 6.20 Å². The van der Waals surface area contributed by atoms with Crippen molar-refractivity contribution in [2.45, 2.75) is 12.8 Å². The molecule has 1 fully saturated rings. The Kier molecular flexibility index (Phi) is 1.92. The standard InChI is InChI=1S/C8H11N3O2/c12-8(13)6-5-9-10-7(6)11-3-1-2-4-11/h5H,1-4H2,(H,9,10)(H,12,13). The SMILES string of the molecule is O=C(O)c1cn[nH]c1N1CCCC1. The van der Waals surface area contributed by atoms with Crippen LogP contribution in [-0.4, -0.2) is 34.4 Å². The van der Waals surface area contributed by atoms with Gasteiger partial charge in [-0.3, -0.25) is 5.10 Å². The number of H-pyrrole nitrogens is 1. The molecule has 1 saturated heterocycles. The van der Waals surface area contributed by atoms with Crippen LogP contribution in [0.25, 0.3) is 0 Å². The normalized spacial score (nSPS) is 16.5. The van der Waals surface area contributed by atoms with Crippen molar-refractivity contribution in [3.05, 3.63) is 11.8 Å². The fourth-order valence-corrected chi connectivity index (χ4v) is 1.62. The number of carbonyl (C=O) groups is 1. The lowest BCUT2D eigenvalue weighted by atomic mass is 10.3. The Morgan fingerprint density at radius 2 is 2.23 bits per heavy atom. The highest BCUT2D eigenvalue weighted by Crippen LogP contribution is 2.21. The van der Waals surface area contributed by atoms with Crippen LogP contribution in [0.2, 0.25) is 0 Å². The molecule has 5 nitrogen and oxygen atoms in total. The molecule has 1 aromatic heterocycles. The molecule has 1 aliphatic rings. The number of aromatic amines is 1. The van der Waals surface area contributed by atoms with Crippen molar-refractivity contribution in [2.24, 2.45) is 0 Å². The molecule has 1 aromatic rings. The second-order valence-corrected chi connectivity index (χ2v) is 3.13. The van der Waals surface area contributed by atoms with Crippen molar-refractivity contribution in [1.82, 2.24) is 10.2 Å². The summed E-state index contributed by atoms with van der Waals surface area (Å²) in [6.45, 7) is 1.84. The van der Waals surface area contributed by atoms with Gasteiger partial charge in [0.25, 0.3) is 0 Å². The molecule has 0 saturated carbocycles. The Hall–Kier alpha value is -1.52. The van der Waals surface area contributed by atoms with Crippen LogP contribution >= 0.6 is 0 Å². The largest absolute Gasteiger partial charge is 0.477 e. The molecule has 0 radical (unpaired) electrons. The van der Waals surface area contributed by atoms with E-state index in [1.165, 1.54) is 6.20 Å². The zero-order chi connectivity index (χ0) is 9.26. The number of aromatic carboxylic acids is 1. The number of nitrogens with one attached hydrogen (secondary N) is 1. The number of carboxylic acid groups (broad SMARTS) is 1. The molecular weight excluding hydrogens is 170 g/mol. The predicted molar refractivity (Wildman–Crippen MR) is 47.0 cm³/mol. The highest BCUT2D eigenvalue weighted by atomic mass is 16.4. The maximum absolute atomic E-state index is 10.8. The summed E-state index contributed by atoms with van der Waals surface area (Å²) in [6.07, 6.45) is 3.60. The van der Waals surface area contributed by atoms with E-state index in [-0.39, 0.29) is 5.56 Å². The van der Waals surface area contributed by atoms with Crippen molar-refractivity contribution < 1.29 is 9.90 Å². The summed E-state index contributed by atoms with van der Waals surface area (Å²) in [5.41, 5.74) is 0.266. The number of hydrogen-bond donors (Lipinski definition) is 2. The van der Waals surface area contributed by atoms with Gasteiger partial charge in [-0.05, 0) is 12.8 Å². The van der Waals surface area contributed by atoms with E-state index in [4.69, 9.17) is 5.11 Å². The van der Waals surface area contributed by atoms with Crippen LogP contribution in [0.5, 0.6) is 0 Å². The van der Waals surface area contributed by atoms with Crippen LogP contribution in [-0.2, 0) is 0 Å². The molecule has 0 spiro atoms. The molecule has 5 heteroatoms. The highest BCUT2D eigenvalue weighted by molar-refractivity contribution is 5.93. The number of rotatable bonds is 2. The first kappa shape index (κ1) is 8.10.